The Morgan fingerprint density at radius 2 is 1.81 bits per heavy atom. The van der Waals surface area contributed by atoms with Gasteiger partial charge in [-0.3, -0.25) is 14.5 Å². The standard InChI is InChI=1S/C23H20FN3O4S/c24-16-7-5-15(6-8-16)21-25-17(14-32-21)22(28)27-13-20(23(29)26-9-11-30-12-10-26)31-19-4-2-1-3-18(19)27/h1-8,14,20H,9-13H2/t20-/m1/s1. The summed E-state index contributed by atoms with van der Waals surface area (Å²) in [5.41, 5.74) is 1.60. The number of amides is 2. The molecule has 0 unspecified atom stereocenters. The van der Waals surface area contributed by atoms with Crippen molar-refractivity contribution in [2.45, 2.75) is 6.10 Å². The van der Waals surface area contributed by atoms with Crippen molar-refractivity contribution < 1.29 is 23.5 Å². The summed E-state index contributed by atoms with van der Waals surface area (Å²) >= 11 is 1.31. The van der Waals surface area contributed by atoms with Gasteiger partial charge in [-0.15, -0.1) is 11.3 Å². The number of carbonyl (C=O) groups excluding carboxylic acids is 2. The first-order chi connectivity index (χ1) is 15.6. The number of fused-ring (bicyclic) bond motifs is 1. The molecule has 1 saturated heterocycles. The molecule has 0 radical (unpaired) electrons. The minimum absolute atomic E-state index is 0.0927. The van der Waals surface area contributed by atoms with Crippen LogP contribution in [0.5, 0.6) is 5.75 Å². The number of ether oxygens (including phenoxy) is 2. The maximum atomic E-state index is 13.4. The number of morpholine rings is 1. The van der Waals surface area contributed by atoms with Gasteiger partial charge in [-0.05, 0) is 36.4 Å². The average Bonchev–Trinajstić information content (AvgIpc) is 3.34. The van der Waals surface area contributed by atoms with Crippen molar-refractivity contribution in [1.29, 1.82) is 0 Å². The number of hydrogen-bond acceptors (Lipinski definition) is 6. The van der Waals surface area contributed by atoms with Gasteiger partial charge in [0.2, 0.25) is 0 Å². The lowest BCUT2D eigenvalue weighted by atomic mass is 10.1. The highest BCUT2D eigenvalue weighted by Crippen LogP contribution is 2.35. The van der Waals surface area contributed by atoms with Crippen LogP contribution >= 0.6 is 11.3 Å². The van der Waals surface area contributed by atoms with Crippen LogP contribution < -0.4 is 9.64 Å². The van der Waals surface area contributed by atoms with Crippen LogP contribution in [0.15, 0.2) is 53.9 Å². The highest BCUT2D eigenvalue weighted by atomic mass is 32.1. The van der Waals surface area contributed by atoms with Gasteiger partial charge in [-0.1, -0.05) is 12.1 Å². The van der Waals surface area contributed by atoms with Gasteiger partial charge in [0, 0.05) is 24.0 Å². The fourth-order valence-corrected chi connectivity index (χ4v) is 4.58. The van der Waals surface area contributed by atoms with E-state index in [0.29, 0.717) is 42.7 Å². The van der Waals surface area contributed by atoms with E-state index >= 15 is 0 Å². The van der Waals surface area contributed by atoms with Gasteiger partial charge in [-0.2, -0.15) is 0 Å². The monoisotopic (exact) mass is 453 g/mol. The zero-order valence-corrected chi connectivity index (χ0v) is 17.9. The van der Waals surface area contributed by atoms with E-state index in [-0.39, 0.29) is 29.9 Å². The predicted molar refractivity (Wildman–Crippen MR) is 117 cm³/mol. The molecule has 1 aromatic heterocycles. The molecule has 3 heterocycles. The third kappa shape index (κ3) is 3.96. The van der Waals surface area contributed by atoms with Gasteiger partial charge >= 0.3 is 0 Å². The number of thiazole rings is 1. The Morgan fingerprint density at radius 1 is 1.06 bits per heavy atom. The molecule has 3 aromatic rings. The van der Waals surface area contributed by atoms with Crippen LogP contribution in [0.25, 0.3) is 10.6 Å². The topological polar surface area (TPSA) is 72.0 Å². The molecule has 1 fully saturated rings. The van der Waals surface area contributed by atoms with Crippen molar-refractivity contribution in [1.82, 2.24) is 9.88 Å². The van der Waals surface area contributed by atoms with Crippen molar-refractivity contribution in [2.75, 3.05) is 37.7 Å². The highest BCUT2D eigenvalue weighted by Gasteiger charge is 2.37. The van der Waals surface area contributed by atoms with Gasteiger partial charge in [0.25, 0.3) is 11.8 Å². The third-order valence-corrected chi connectivity index (χ3v) is 6.32. The molecule has 7 nitrogen and oxygen atoms in total. The van der Waals surface area contributed by atoms with E-state index in [1.165, 1.54) is 23.5 Å². The van der Waals surface area contributed by atoms with Gasteiger partial charge in [0.1, 0.15) is 22.3 Å². The maximum Gasteiger partial charge on any atom is 0.278 e. The van der Waals surface area contributed by atoms with E-state index in [4.69, 9.17) is 9.47 Å². The molecule has 0 aliphatic carbocycles. The number of rotatable bonds is 3. The summed E-state index contributed by atoms with van der Waals surface area (Å²) in [6.45, 7) is 2.07. The molecule has 164 valence electrons. The van der Waals surface area contributed by atoms with Crippen LogP contribution in [0.2, 0.25) is 0 Å². The number of carbonyl (C=O) groups is 2. The molecule has 2 amide bonds. The van der Waals surface area contributed by atoms with Crippen molar-refractivity contribution in [3.63, 3.8) is 0 Å². The van der Waals surface area contributed by atoms with E-state index in [1.807, 2.05) is 6.07 Å². The van der Waals surface area contributed by atoms with Gasteiger partial charge in [0.15, 0.2) is 6.10 Å². The summed E-state index contributed by atoms with van der Waals surface area (Å²) in [5, 5.41) is 2.30. The summed E-state index contributed by atoms with van der Waals surface area (Å²) in [6.07, 6.45) is -0.804. The summed E-state index contributed by atoms with van der Waals surface area (Å²) in [7, 11) is 0. The van der Waals surface area contributed by atoms with E-state index in [0.717, 1.165) is 5.56 Å². The number of anilines is 1. The van der Waals surface area contributed by atoms with Crippen LogP contribution in [-0.4, -0.2) is 60.7 Å². The largest absolute Gasteiger partial charge is 0.476 e. The molecule has 0 N–H and O–H groups in total. The SMILES string of the molecule is O=C([C@H]1CN(C(=O)c2csc(-c3ccc(F)cc3)n2)c2ccccc2O1)N1CCOCC1. The Bertz CT molecular complexity index is 1140. The van der Waals surface area contributed by atoms with Crippen LogP contribution in [0, 0.1) is 5.82 Å². The fraction of sp³-hybridized carbons (Fsp3) is 0.261. The van der Waals surface area contributed by atoms with Crippen LogP contribution in [0.3, 0.4) is 0 Å². The minimum Gasteiger partial charge on any atom is -0.476 e. The molecule has 2 aliphatic rings. The average molecular weight is 453 g/mol. The summed E-state index contributed by atoms with van der Waals surface area (Å²) in [5.74, 6) is -0.328. The molecular formula is C23H20FN3O4S. The second-order valence-corrected chi connectivity index (χ2v) is 8.33. The molecule has 9 heteroatoms. The lowest BCUT2D eigenvalue weighted by Crippen LogP contribution is -2.54. The normalized spacial score (nSPS) is 18.1. The lowest BCUT2D eigenvalue weighted by Gasteiger charge is -2.37. The Hall–Kier alpha value is -3.30. The van der Waals surface area contributed by atoms with Crippen molar-refractivity contribution >= 4 is 28.8 Å². The second kappa shape index (κ2) is 8.68. The van der Waals surface area contributed by atoms with Crippen molar-refractivity contribution in [2.24, 2.45) is 0 Å². The number of benzene rings is 2. The number of halogens is 1. The first kappa shape index (κ1) is 20.6. The Labute approximate surface area is 188 Å². The Kier molecular flexibility index (Phi) is 5.59. The quantitative estimate of drug-likeness (QED) is 0.609. The molecule has 0 saturated carbocycles. The maximum absolute atomic E-state index is 13.4. The molecule has 1 atom stereocenters. The zero-order chi connectivity index (χ0) is 22.1. The summed E-state index contributed by atoms with van der Waals surface area (Å²) in [4.78, 5) is 34.2. The number of hydrogen-bond donors (Lipinski definition) is 0. The van der Waals surface area contributed by atoms with E-state index in [2.05, 4.69) is 4.98 Å². The Balaban J connectivity index is 1.42. The van der Waals surface area contributed by atoms with E-state index in [9.17, 15) is 14.0 Å². The second-order valence-electron chi connectivity index (χ2n) is 7.47. The van der Waals surface area contributed by atoms with Gasteiger partial charge in [-0.25, -0.2) is 9.37 Å². The molecule has 32 heavy (non-hydrogen) atoms. The smallest absolute Gasteiger partial charge is 0.278 e. The first-order valence-electron chi connectivity index (χ1n) is 10.3. The number of para-hydroxylation sites is 2. The van der Waals surface area contributed by atoms with Crippen molar-refractivity contribution in [3.8, 4) is 16.3 Å². The highest BCUT2D eigenvalue weighted by molar-refractivity contribution is 7.13. The van der Waals surface area contributed by atoms with Crippen LogP contribution in [0.4, 0.5) is 10.1 Å². The molecule has 5 rings (SSSR count). The lowest BCUT2D eigenvalue weighted by molar-refractivity contribution is -0.142. The van der Waals surface area contributed by atoms with Crippen LogP contribution in [-0.2, 0) is 9.53 Å². The van der Waals surface area contributed by atoms with E-state index in [1.54, 1.807) is 45.5 Å². The molecule has 0 bridgehead atoms. The number of nitrogens with zero attached hydrogens (tertiary/aromatic N) is 3. The van der Waals surface area contributed by atoms with Crippen molar-refractivity contribution in [3.05, 3.63) is 65.4 Å². The fourth-order valence-electron chi connectivity index (χ4n) is 3.78. The summed E-state index contributed by atoms with van der Waals surface area (Å²) < 4.78 is 24.5. The molecular weight excluding hydrogens is 433 g/mol. The third-order valence-electron chi connectivity index (χ3n) is 5.43. The molecule has 0 spiro atoms. The predicted octanol–water partition coefficient (Wildman–Crippen LogP) is 3.22. The van der Waals surface area contributed by atoms with E-state index < -0.39 is 6.10 Å². The Morgan fingerprint density at radius 3 is 2.59 bits per heavy atom. The van der Waals surface area contributed by atoms with Gasteiger partial charge in [0.05, 0.1) is 25.4 Å². The first-order valence-corrected chi connectivity index (χ1v) is 11.1. The van der Waals surface area contributed by atoms with Crippen LogP contribution in [0.1, 0.15) is 10.5 Å². The zero-order valence-electron chi connectivity index (χ0n) is 17.1. The number of aromatic nitrogens is 1. The molecule has 2 aliphatic heterocycles. The molecule has 2 aromatic carbocycles. The summed E-state index contributed by atoms with van der Waals surface area (Å²) in [6, 6.07) is 13.1. The minimum atomic E-state index is -0.804. The van der Waals surface area contributed by atoms with Gasteiger partial charge < -0.3 is 14.4 Å².